The monoisotopic (exact) mass is 518 g/mol. The van der Waals surface area contributed by atoms with E-state index < -0.39 is 23.9 Å². The molecule has 3 aliphatic carbocycles. The lowest BCUT2D eigenvalue weighted by atomic mass is 9.60. The Balaban J connectivity index is 1.65. The zero-order valence-electron chi connectivity index (χ0n) is 23.7. The zero-order chi connectivity index (χ0) is 27.4. The minimum atomic E-state index is -1.01. The van der Waals surface area contributed by atoms with Crippen LogP contribution in [0.15, 0.2) is 35.5 Å². The third kappa shape index (κ3) is 7.35. The predicted molar refractivity (Wildman–Crippen MR) is 146 cm³/mol. The number of carbonyl (C=O) groups is 1. The van der Waals surface area contributed by atoms with Crippen LogP contribution < -0.4 is 0 Å². The predicted octanol–water partition coefficient (Wildman–Crippen LogP) is 5.26. The zero-order valence-corrected chi connectivity index (χ0v) is 23.7. The van der Waals surface area contributed by atoms with E-state index in [9.17, 15) is 20.1 Å². The van der Waals surface area contributed by atoms with Gasteiger partial charge in [-0.05, 0) is 86.7 Å². The maximum Gasteiger partial charge on any atom is 0.307 e. The number of carbonyl (C=O) groups excluding carboxylic acids is 1. The second kappa shape index (κ2) is 12.6. The summed E-state index contributed by atoms with van der Waals surface area (Å²) in [6.45, 7) is 12.9. The minimum absolute atomic E-state index is 0.0763. The van der Waals surface area contributed by atoms with Crippen molar-refractivity contribution in [1.29, 1.82) is 0 Å². The molecule has 6 nitrogen and oxygen atoms in total. The lowest BCUT2D eigenvalue weighted by Crippen LogP contribution is -2.45. The first kappa shape index (κ1) is 30.1. The summed E-state index contributed by atoms with van der Waals surface area (Å²) in [7, 11) is 1.32. The summed E-state index contributed by atoms with van der Waals surface area (Å²) in [6, 6.07) is 0. The number of hydrogen-bond donors (Lipinski definition) is 3. The summed E-state index contributed by atoms with van der Waals surface area (Å²) >= 11 is 0. The van der Waals surface area contributed by atoms with Crippen molar-refractivity contribution in [3.63, 3.8) is 0 Å². The van der Waals surface area contributed by atoms with E-state index >= 15 is 0 Å². The lowest BCUT2D eigenvalue weighted by Gasteiger charge is -2.44. The van der Waals surface area contributed by atoms with Crippen molar-refractivity contribution in [2.75, 3.05) is 13.7 Å². The van der Waals surface area contributed by atoms with Gasteiger partial charge in [0.2, 0.25) is 0 Å². The van der Waals surface area contributed by atoms with Crippen LogP contribution in [0.1, 0.15) is 91.9 Å². The van der Waals surface area contributed by atoms with Gasteiger partial charge < -0.3 is 24.8 Å². The average molecular weight is 519 g/mol. The molecule has 0 bridgehead atoms. The largest absolute Gasteiger partial charge is 0.469 e. The van der Waals surface area contributed by atoms with E-state index in [1.165, 1.54) is 44.8 Å². The SMILES string of the molecule is C=C1C(=CC=C2CCC[C@]3(C)[C@@H]([C@H](C)CCCC(C)(C)O)CC[C@@H]23)C[C@@H](O)[C@@H](OCCC(=O)OC)[C@@H]1O. The summed E-state index contributed by atoms with van der Waals surface area (Å²) in [5, 5.41) is 31.5. The first-order valence-electron chi connectivity index (χ1n) is 14.2. The van der Waals surface area contributed by atoms with Gasteiger partial charge in [0.15, 0.2) is 0 Å². The van der Waals surface area contributed by atoms with E-state index in [-0.39, 0.29) is 19.0 Å². The molecule has 0 heterocycles. The fraction of sp³-hybridized carbons (Fsp3) is 0.774. The second-order valence-corrected chi connectivity index (χ2v) is 12.6. The van der Waals surface area contributed by atoms with Crippen molar-refractivity contribution >= 4 is 5.97 Å². The van der Waals surface area contributed by atoms with Gasteiger partial charge in [-0.15, -0.1) is 0 Å². The third-order valence-corrected chi connectivity index (χ3v) is 9.40. The van der Waals surface area contributed by atoms with Gasteiger partial charge in [-0.25, -0.2) is 0 Å². The summed E-state index contributed by atoms with van der Waals surface area (Å²) in [5.74, 6) is 1.53. The first-order chi connectivity index (χ1) is 17.4. The van der Waals surface area contributed by atoms with Crippen LogP contribution in [0, 0.1) is 23.2 Å². The van der Waals surface area contributed by atoms with Crippen molar-refractivity contribution in [2.45, 2.75) is 116 Å². The highest BCUT2D eigenvalue weighted by molar-refractivity contribution is 5.69. The van der Waals surface area contributed by atoms with Crippen molar-refractivity contribution < 1.29 is 29.6 Å². The number of methoxy groups -OCH3 is 1. The normalized spacial score (nSPS) is 35.6. The molecule has 0 aliphatic heterocycles. The second-order valence-electron chi connectivity index (χ2n) is 12.6. The fourth-order valence-corrected chi connectivity index (χ4v) is 7.31. The van der Waals surface area contributed by atoms with Crippen molar-refractivity contribution in [3.05, 3.63) is 35.5 Å². The Bertz CT molecular complexity index is 867. The highest BCUT2D eigenvalue weighted by Gasteiger charge is 2.50. The first-order valence-corrected chi connectivity index (χ1v) is 14.2. The number of esters is 1. The molecule has 3 saturated carbocycles. The van der Waals surface area contributed by atoms with Crippen LogP contribution in [0.2, 0.25) is 0 Å². The molecular formula is C31H50O6. The molecule has 37 heavy (non-hydrogen) atoms. The van der Waals surface area contributed by atoms with Gasteiger partial charge in [0.1, 0.15) is 12.2 Å². The summed E-state index contributed by atoms with van der Waals surface area (Å²) in [6.07, 6.45) is 11.2. The van der Waals surface area contributed by atoms with Crippen LogP contribution in [-0.4, -0.2) is 58.9 Å². The molecule has 3 fully saturated rings. The number of hydrogen-bond acceptors (Lipinski definition) is 6. The van der Waals surface area contributed by atoms with Gasteiger partial charge in [-0.3, -0.25) is 4.79 Å². The van der Waals surface area contributed by atoms with E-state index in [0.29, 0.717) is 35.2 Å². The highest BCUT2D eigenvalue weighted by atomic mass is 16.5. The number of fused-ring (bicyclic) bond motifs is 1. The fourth-order valence-electron chi connectivity index (χ4n) is 7.31. The molecule has 210 valence electrons. The summed E-state index contributed by atoms with van der Waals surface area (Å²) in [4.78, 5) is 11.3. The van der Waals surface area contributed by atoms with Gasteiger partial charge >= 0.3 is 5.97 Å². The Morgan fingerprint density at radius 1 is 1.27 bits per heavy atom. The molecule has 0 aromatic heterocycles. The quantitative estimate of drug-likeness (QED) is 0.341. The minimum Gasteiger partial charge on any atom is -0.469 e. The van der Waals surface area contributed by atoms with Crippen LogP contribution in [0.4, 0.5) is 0 Å². The number of rotatable bonds is 10. The maximum atomic E-state index is 11.3. The Labute approximate surface area is 223 Å². The van der Waals surface area contributed by atoms with Gasteiger partial charge in [-0.1, -0.05) is 51.0 Å². The molecule has 0 radical (unpaired) electrons. The van der Waals surface area contributed by atoms with Crippen molar-refractivity contribution in [2.24, 2.45) is 23.2 Å². The van der Waals surface area contributed by atoms with Crippen LogP contribution in [0.5, 0.6) is 0 Å². The number of aliphatic hydroxyl groups excluding tert-OH is 2. The van der Waals surface area contributed by atoms with Gasteiger partial charge in [0.25, 0.3) is 0 Å². The molecule has 3 rings (SSSR count). The van der Waals surface area contributed by atoms with E-state index in [0.717, 1.165) is 24.8 Å². The highest BCUT2D eigenvalue weighted by Crippen LogP contribution is 2.60. The summed E-state index contributed by atoms with van der Waals surface area (Å²) < 4.78 is 10.2. The Hall–Kier alpha value is -1.47. The van der Waals surface area contributed by atoms with Crippen LogP contribution in [0.3, 0.4) is 0 Å². The number of aliphatic hydroxyl groups is 3. The molecule has 0 amide bonds. The molecule has 0 unspecified atom stereocenters. The van der Waals surface area contributed by atoms with Crippen LogP contribution in [0.25, 0.3) is 0 Å². The van der Waals surface area contributed by atoms with Crippen LogP contribution in [-0.2, 0) is 14.3 Å². The third-order valence-electron chi connectivity index (χ3n) is 9.40. The molecule has 3 aliphatic rings. The Kier molecular flexibility index (Phi) is 10.2. The Morgan fingerprint density at radius 2 is 2.00 bits per heavy atom. The van der Waals surface area contributed by atoms with Crippen molar-refractivity contribution in [3.8, 4) is 0 Å². The van der Waals surface area contributed by atoms with Gasteiger partial charge in [0.05, 0.1) is 31.8 Å². The van der Waals surface area contributed by atoms with E-state index in [4.69, 9.17) is 4.74 Å². The molecule has 0 aromatic rings. The molecule has 0 aromatic carbocycles. The van der Waals surface area contributed by atoms with Gasteiger partial charge in [-0.2, -0.15) is 0 Å². The summed E-state index contributed by atoms with van der Waals surface area (Å²) in [5.41, 5.74) is 2.64. The average Bonchev–Trinajstić information content (AvgIpc) is 3.19. The molecule has 0 spiro atoms. The topological polar surface area (TPSA) is 96.2 Å². The molecule has 0 saturated heterocycles. The standard InChI is InChI=1S/C31H50O6/c1-20(9-7-16-30(3,4)35)24-13-14-25-22(10-8-17-31(24,25)5)11-12-23-19-26(32)29(28(34)21(23)2)37-18-15-27(33)36-6/h11-12,20,24-26,28-29,32,34-35H,2,7-10,13-19H2,1,3-6H3/t20-,24-,25+,26-,28-,29-,31-/m1/s1. The van der Waals surface area contributed by atoms with E-state index in [1.54, 1.807) is 0 Å². The van der Waals surface area contributed by atoms with E-state index in [1.807, 2.05) is 13.8 Å². The maximum absolute atomic E-state index is 11.3. The van der Waals surface area contributed by atoms with Crippen LogP contribution >= 0.6 is 0 Å². The number of ether oxygens (including phenoxy) is 2. The molecule has 3 N–H and O–H groups in total. The molecular weight excluding hydrogens is 468 g/mol. The molecule has 7 atom stereocenters. The lowest BCUT2D eigenvalue weighted by molar-refractivity contribution is -0.145. The van der Waals surface area contributed by atoms with Gasteiger partial charge in [0, 0.05) is 6.42 Å². The number of allylic oxidation sites excluding steroid dienone is 3. The van der Waals surface area contributed by atoms with E-state index in [2.05, 4.69) is 37.3 Å². The van der Waals surface area contributed by atoms with Crippen molar-refractivity contribution in [1.82, 2.24) is 0 Å². The molecule has 6 heteroatoms. The Morgan fingerprint density at radius 3 is 2.68 bits per heavy atom. The smallest absolute Gasteiger partial charge is 0.307 e.